The molecular formula is C15H23N3O. The SMILES string of the molecule is CNc1ccccc1C(=O)N1CC(C)N(C)C(C)C1. The molecule has 1 aliphatic heterocycles. The summed E-state index contributed by atoms with van der Waals surface area (Å²) in [5.41, 5.74) is 1.65. The predicted octanol–water partition coefficient (Wildman–Crippen LogP) is 1.89. The first-order valence-electron chi connectivity index (χ1n) is 6.82. The average molecular weight is 261 g/mol. The Morgan fingerprint density at radius 2 is 1.79 bits per heavy atom. The van der Waals surface area contributed by atoms with Gasteiger partial charge in [0.2, 0.25) is 0 Å². The van der Waals surface area contributed by atoms with Gasteiger partial charge in [0.05, 0.1) is 5.56 Å². The summed E-state index contributed by atoms with van der Waals surface area (Å²) in [5, 5.41) is 3.09. The molecule has 1 saturated heterocycles. The molecule has 0 saturated carbocycles. The maximum atomic E-state index is 12.6. The molecule has 19 heavy (non-hydrogen) atoms. The molecule has 0 spiro atoms. The van der Waals surface area contributed by atoms with E-state index >= 15 is 0 Å². The number of hydrogen-bond donors (Lipinski definition) is 1. The van der Waals surface area contributed by atoms with Crippen molar-refractivity contribution in [2.75, 3.05) is 32.5 Å². The van der Waals surface area contributed by atoms with Gasteiger partial charge in [-0.25, -0.2) is 0 Å². The fourth-order valence-corrected chi connectivity index (χ4v) is 2.63. The summed E-state index contributed by atoms with van der Waals surface area (Å²) in [6.07, 6.45) is 0. The van der Waals surface area contributed by atoms with Crippen molar-refractivity contribution in [2.24, 2.45) is 0 Å². The highest BCUT2D eigenvalue weighted by molar-refractivity contribution is 5.99. The van der Waals surface area contributed by atoms with Gasteiger partial charge in [-0.3, -0.25) is 9.69 Å². The van der Waals surface area contributed by atoms with E-state index in [1.165, 1.54) is 0 Å². The smallest absolute Gasteiger partial charge is 0.256 e. The maximum Gasteiger partial charge on any atom is 0.256 e. The normalized spacial score (nSPS) is 24.3. The number of nitrogens with one attached hydrogen (secondary N) is 1. The maximum absolute atomic E-state index is 12.6. The first-order valence-corrected chi connectivity index (χ1v) is 6.82. The molecule has 0 bridgehead atoms. The first kappa shape index (κ1) is 13.9. The Kier molecular flexibility index (Phi) is 4.10. The van der Waals surface area contributed by atoms with Gasteiger partial charge in [-0.2, -0.15) is 0 Å². The zero-order valence-corrected chi connectivity index (χ0v) is 12.2. The number of carbonyl (C=O) groups is 1. The van der Waals surface area contributed by atoms with E-state index in [0.29, 0.717) is 12.1 Å². The van der Waals surface area contributed by atoms with Crippen LogP contribution in [0.5, 0.6) is 0 Å². The summed E-state index contributed by atoms with van der Waals surface area (Å²) in [5.74, 6) is 0.122. The van der Waals surface area contributed by atoms with Crippen LogP contribution in [0.25, 0.3) is 0 Å². The molecule has 1 N–H and O–H groups in total. The number of benzene rings is 1. The Hall–Kier alpha value is -1.55. The summed E-state index contributed by atoms with van der Waals surface area (Å²) in [6.45, 7) is 5.91. The van der Waals surface area contributed by atoms with Gasteiger partial charge < -0.3 is 10.2 Å². The molecule has 2 atom stereocenters. The van der Waals surface area contributed by atoms with Gasteiger partial charge in [-0.15, -0.1) is 0 Å². The third-order valence-corrected chi connectivity index (χ3v) is 4.07. The van der Waals surface area contributed by atoms with Crippen LogP contribution in [0.15, 0.2) is 24.3 Å². The average Bonchev–Trinajstić information content (AvgIpc) is 2.43. The molecule has 1 aromatic carbocycles. The number of likely N-dealkylation sites (N-methyl/N-ethyl adjacent to an activating group) is 1. The van der Waals surface area contributed by atoms with E-state index in [1.54, 1.807) is 0 Å². The van der Waals surface area contributed by atoms with E-state index in [4.69, 9.17) is 0 Å². The minimum atomic E-state index is 0.122. The molecule has 2 rings (SSSR count). The summed E-state index contributed by atoms with van der Waals surface area (Å²) in [4.78, 5) is 16.9. The van der Waals surface area contributed by atoms with Gasteiger partial charge in [-0.05, 0) is 33.0 Å². The zero-order valence-electron chi connectivity index (χ0n) is 12.2. The number of nitrogens with zero attached hydrogens (tertiary/aromatic N) is 2. The van der Waals surface area contributed by atoms with Crippen LogP contribution in [-0.2, 0) is 0 Å². The van der Waals surface area contributed by atoms with Crippen LogP contribution in [0.2, 0.25) is 0 Å². The molecule has 0 aromatic heterocycles. The number of anilines is 1. The summed E-state index contributed by atoms with van der Waals surface area (Å²) < 4.78 is 0. The molecule has 1 aromatic rings. The lowest BCUT2D eigenvalue weighted by Crippen LogP contribution is -2.56. The van der Waals surface area contributed by atoms with Crippen molar-refractivity contribution in [2.45, 2.75) is 25.9 Å². The van der Waals surface area contributed by atoms with Crippen LogP contribution in [0.4, 0.5) is 5.69 Å². The highest BCUT2D eigenvalue weighted by Crippen LogP contribution is 2.20. The molecule has 104 valence electrons. The van der Waals surface area contributed by atoms with Crippen molar-refractivity contribution in [1.29, 1.82) is 0 Å². The molecule has 4 heteroatoms. The van der Waals surface area contributed by atoms with Gasteiger partial charge in [0.15, 0.2) is 0 Å². The van der Waals surface area contributed by atoms with Gasteiger partial charge in [0, 0.05) is 37.9 Å². The van der Waals surface area contributed by atoms with E-state index < -0.39 is 0 Å². The Morgan fingerprint density at radius 3 is 2.37 bits per heavy atom. The zero-order chi connectivity index (χ0) is 14.0. The topological polar surface area (TPSA) is 35.6 Å². The third-order valence-electron chi connectivity index (χ3n) is 4.07. The van der Waals surface area contributed by atoms with E-state index in [2.05, 4.69) is 31.1 Å². The van der Waals surface area contributed by atoms with Crippen LogP contribution in [0, 0.1) is 0 Å². The molecule has 2 unspecified atom stereocenters. The van der Waals surface area contributed by atoms with E-state index in [-0.39, 0.29) is 5.91 Å². The summed E-state index contributed by atoms with van der Waals surface area (Å²) in [6, 6.07) is 8.48. The fraction of sp³-hybridized carbons (Fsp3) is 0.533. The Morgan fingerprint density at radius 1 is 1.21 bits per heavy atom. The predicted molar refractivity (Wildman–Crippen MR) is 78.6 cm³/mol. The molecule has 1 aliphatic rings. The van der Waals surface area contributed by atoms with Crippen molar-refractivity contribution in [3.8, 4) is 0 Å². The molecule has 1 heterocycles. The molecule has 1 amide bonds. The van der Waals surface area contributed by atoms with Crippen LogP contribution in [0.3, 0.4) is 0 Å². The van der Waals surface area contributed by atoms with E-state index in [9.17, 15) is 4.79 Å². The van der Waals surface area contributed by atoms with Crippen molar-refractivity contribution < 1.29 is 4.79 Å². The van der Waals surface area contributed by atoms with Crippen molar-refractivity contribution >= 4 is 11.6 Å². The van der Waals surface area contributed by atoms with Crippen molar-refractivity contribution in [1.82, 2.24) is 9.80 Å². The second-order valence-corrected chi connectivity index (χ2v) is 5.37. The van der Waals surface area contributed by atoms with Crippen LogP contribution >= 0.6 is 0 Å². The van der Waals surface area contributed by atoms with Crippen molar-refractivity contribution in [3.63, 3.8) is 0 Å². The van der Waals surface area contributed by atoms with Crippen molar-refractivity contribution in [3.05, 3.63) is 29.8 Å². The molecule has 1 fully saturated rings. The number of rotatable bonds is 2. The number of para-hydroxylation sites is 1. The summed E-state index contributed by atoms with van der Waals surface area (Å²) >= 11 is 0. The highest BCUT2D eigenvalue weighted by Gasteiger charge is 2.30. The lowest BCUT2D eigenvalue weighted by molar-refractivity contribution is 0.0415. The lowest BCUT2D eigenvalue weighted by Gasteiger charge is -2.42. The van der Waals surface area contributed by atoms with Gasteiger partial charge in [0.25, 0.3) is 5.91 Å². The minimum absolute atomic E-state index is 0.122. The second-order valence-electron chi connectivity index (χ2n) is 5.37. The molecule has 0 aliphatic carbocycles. The van der Waals surface area contributed by atoms with Gasteiger partial charge >= 0.3 is 0 Å². The standard InChI is InChI=1S/C15H23N3O/c1-11-9-18(10-12(2)17(11)4)15(19)13-7-5-6-8-14(13)16-3/h5-8,11-12,16H,9-10H2,1-4H3. The van der Waals surface area contributed by atoms with Gasteiger partial charge in [-0.1, -0.05) is 12.1 Å². The molecular weight excluding hydrogens is 238 g/mol. The Balaban J connectivity index is 2.20. The first-order chi connectivity index (χ1) is 9.04. The van der Waals surface area contributed by atoms with Crippen LogP contribution in [-0.4, -0.2) is 55.0 Å². The largest absolute Gasteiger partial charge is 0.387 e. The minimum Gasteiger partial charge on any atom is -0.387 e. The second kappa shape index (κ2) is 5.61. The summed E-state index contributed by atoms with van der Waals surface area (Å²) in [7, 11) is 3.97. The third kappa shape index (κ3) is 2.73. The molecule has 0 radical (unpaired) electrons. The number of piperazine rings is 1. The highest BCUT2D eigenvalue weighted by atomic mass is 16.2. The van der Waals surface area contributed by atoms with Crippen LogP contribution < -0.4 is 5.32 Å². The van der Waals surface area contributed by atoms with E-state index in [1.807, 2.05) is 36.2 Å². The molecule has 4 nitrogen and oxygen atoms in total. The Bertz CT molecular complexity index is 448. The number of amides is 1. The van der Waals surface area contributed by atoms with E-state index in [0.717, 1.165) is 24.3 Å². The number of hydrogen-bond acceptors (Lipinski definition) is 3. The van der Waals surface area contributed by atoms with Gasteiger partial charge in [0.1, 0.15) is 0 Å². The Labute approximate surface area is 115 Å². The van der Waals surface area contributed by atoms with Crippen LogP contribution in [0.1, 0.15) is 24.2 Å². The lowest BCUT2D eigenvalue weighted by atomic mass is 10.1. The number of carbonyl (C=O) groups excluding carboxylic acids is 1. The fourth-order valence-electron chi connectivity index (χ4n) is 2.63. The quantitative estimate of drug-likeness (QED) is 0.883. The monoisotopic (exact) mass is 261 g/mol.